The molecule has 0 unspecified atom stereocenters. The summed E-state index contributed by atoms with van der Waals surface area (Å²) in [7, 11) is 0. The zero-order chi connectivity index (χ0) is 34.0. The van der Waals surface area contributed by atoms with Gasteiger partial charge in [0.05, 0.1) is 13.1 Å². The Labute approximate surface area is 264 Å². The van der Waals surface area contributed by atoms with Crippen LogP contribution in [0.25, 0.3) is 0 Å². The third-order valence-electron chi connectivity index (χ3n) is 7.88. The number of nitrogens with zero attached hydrogens (tertiary/aromatic N) is 1. The predicted octanol–water partition coefficient (Wildman–Crippen LogP) is 7.38. The normalized spacial score (nSPS) is 17.0. The summed E-state index contributed by atoms with van der Waals surface area (Å²) in [6.07, 6.45) is -4.33. The van der Waals surface area contributed by atoms with Crippen molar-refractivity contribution in [3.8, 4) is 11.5 Å². The van der Waals surface area contributed by atoms with Gasteiger partial charge in [-0.2, -0.15) is 26.3 Å². The topological polar surface area (TPSA) is 117 Å². The van der Waals surface area contributed by atoms with E-state index in [9.17, 15) is 40.7 Å². The first-order chi connectivity index (χ1) is 22.1. The third-order valence-corrected chi connectivity index (χ3v) is 7.88. The van der Waals surface area contributed by atoms with Crippen molar-refractivity contribution < 1.29 is 55.3 Å². The van der Waals surface area contributed by atoms with Crippen LogP contribution >= 0.6 is 0 Å². The van der Waals surface area contributed by atoms with E-state index in [4.69, 9.17) is 5.11 Å². The highest BCUT2D eigenvalue weighted by molar-refractivity contribution is 6.02. The number of aliphatic carboxylic acids is 1. The van der Waals surface area contributed by atoms with Gasteiger partial charge in [0.2, 0.25) is 0 Å². The summed E-state index contributed by atoms with van der Waals surface area (Å²) in [5, 5.41) is 12.9. The first-order valence-corrected chi connectivity index (χ1v) is 14.6. The van der Waals surface area contributed by atoms with Crippen molar-refractivity contribution in [1.29, 1.82) is 0 Å². The molecule has 0 bridgehead atoms. The number of nitrogens with one attached hydrogen (secondary N) is 2. The van der Waals surface area contributed by atoms with E-state index in [1.165, 1.54) is 41.7 Å². The van der Waals surface area contributed by atoms with Gasteiger partial charge in [0.1, 0.15) is 0 Å². The van der Waals surface area contributed by atoms with Crippen LogP contribution in [-0.2, 0) is 11.3 Å². The maximum absolute atomic E-state index is 13.7. The maximum Gasteiger partial charge on any atom is 0.507 e. The van der Waals surface area contributed by atoms with Gasteiger partial charge >= 0.3 is 30.1 Å². The highest BCUT2D eigenvalue weighted by Crippen LogP contribution is 2.47. The minimum atomic E-state index is -4.95. The molecule has 0 atom stereocenters. The number of rotatable bonds is 9. The molecule has 1 aliphatic heterocycles. The first-order valence-electron chi connectivity index (χ1n) is 14.6. The van der Waals surface area contributed by atoms with Crippen molar-refractivity contribution in [2.45, 2.75) is 62.7 Å². The molecule has 3 aromatic rings. The lowest BCUT2D eigenvalue weighted by Gasteiger charge is -2.32. The summed E-state index contributed by atoms with van der Waals surface area (Å²) in [6.45, 7) is -1.49. The Bertz CT molecular complexity index is 1630. The number of carbonyl (C=O) groups excluding carboxylic acids is 2. The van der Waals surface area contributed by atoms with Gasteiger partial charge in [-0.25, -0.2) is 9.59 Å². The standard InChI is InChI=1S/C32H29F6N3O6/c33-30(34,28(43)44)18-39-27(42)22-8-6-19(7-9-22)17-41(24-13-10-21(11-14-24)20-4-2-1-3-5-20)29(45)40-23-12-15-25-26(16-23)47-32(37,38)31(35,36)46-25/h6-16,20H,1-5,17-18H2,(H,39,42)(H,40,45)(H,43,44). The molecule has 1 saturated carbocycles. The van der Waals surface area contributed by atoms with E-state index in [0.717, 1.165) is 43.4 Å². The van der Waals surface area contributed by atoms with Crippen molar-refractivity contribution in [3.05, 3.63) is 83.4 Å². The Hall–Kier alpha value is -4.95. The van der Waals surface area contributed by atoms with Crippen molar-refractivity contribution in [2.75, 3.05) is 16.8 Å². The van der Waals surface area contributed by atoms with Gasteiger partial charge in [0.25, 0.3) is 5.91 Å². The van der Waals surface area contributed by atoms with E-state index in [0.29, 0.717) is 17.2 Å². The first kappa shape index (κ1) is 33.4. The van der Waals surface area contributed by atoms with E-state index < -0.39 is 54.1 Å². The Morgan fingerprint density at radius 2 is 1.47 bits per heavy atom. The second kappa shape index (κ2) is 13.0. The molecule has 2 aliphatic rings. The highest BCUT2D eigenvalue weighted by atomic mass is 19.3. The summed E-state index contributed by atoms with van der Waals surface area (Å²) in [5.41, 5.74) is 1.95. The molecule has 1 aliphatic carbocycles. The Morgan fingerprint density at radius 3 is 2.09 bits per heavy atom. The van der Waals surface area contributed by atoms with E-state index in [1.807, 2.05) is 17.4 Å². The SMILES string of the molecule is O=C(NCC(F)(F)C(=O)O)c1ccc(CN(C(=O)Nc2ccc3c(c2)OC(F)(F)C(F)(F)O3)c2ccc(C3CCCCC3)cc2)cc1. The van der Waals surface area contributed by atoms with Crippen molar-refractivity contribution >= 4 is 29.3 Å². The van der Waals surface area contributed by atoms with Crippen LogP contribution < -0.4 is 25.0 Å². The zero-order valence-corrected chi connectivity index (χ0v) is 24.6. The number of carboxylic acid groups (broad SMARTS) is 1. The molecule has 0 aromatic heterocycles. The number of anilines is 2. The van der Waals surface area contributed by atoms with Gasteiger partial charge in [-0.05, 0) is 66.3 Å². The molecule has 250 valence electrons. The van der Waals surface area contributed by atoms with Gasteiger partial charge in [-0.3, -0.25) is 9.69 Å². The maximum atomic E-state index is 13.7. The van der Waals surface area contributed by atoms with E-state index >= 15 is 0 Å². The number of carboxylic acids is 1. The third kappa shape index (κ3) is 7.55. The van der Waals surface area contributed by atoms with Crippen LogP contribution in [0, 0.1) is 0 Å². The average molecular weight is 666 g/mol. The minimum Gasteiger partial charge on any atom is -0.477 e. The van der Waals surface area contributed by atoms with Crippen LogP contribution in [0.1, 0.15) is 59.5 Å². The molecule has 9 nitrogen and oxygen atoms in total. The summed E-state index contributed by atoms with van der Waals surface area (Å²) >= 11 is 0. The van der Waals surface area contributed by atoms with Crippen LogP contribution in [0.4, 0.5) is 42.5 Å². The van der Waals surface area contributed by atoms with Crippen LogP contribution in [0.5, 0.6) is 11.5 Å². The lowest BCUT2D eigenvalue weighted by atomic mass is 9.84. The van der Waals surface area contributed by atoms with Gasteiger partial charge < -0.3 is 25.2 Å². The van der Waals surface area contributed by atoms with Crippen LogP contribution in [-0.4, -0.2) is 47.7 Å². The molecule has 0 saturated heterocycles. The highest BCUT2D eigenvalue weighted by Gasteiger charge is 2.66. The van der Waals surface area contributed by atoms with Gasteiger partial charge in [0.15, 0.2) is 11.5 Å². The quantitative estimate of drug-likeness (QED) is 0.206. The van der Waals surface area contributed by atoms with E-state index in [2.05, 4.69) is 14.8 Å². The molecule has 5 rings (SSSR count). The Morgan fingerprint density at radius 1 is 0.851 bits per heavy atom. The Balaban J connectivity index is 1.35. The fraction of sp³-hybridized carbons (Fsp3) is 0.344. The second-order valence-corrected chi connectivity index (χ2v) is 11.2. The lowest BCUT2D eigenvalue weighted by Crippen LogP contribution is -2.52. The Kier molecular flexibility index (Phi) is 9.27. The molecule has 3 aromatic carbocycles. The number of hydrogen-bond donors (Lipinski definition) is 3. The van der Waals surface area contributed by atoms with Crippen LogP contribution in [0.2, 0.25) is 0 Å². The molecular weight excluding hydrogens is 636 g/mol. The van der Waals surface area contributed by atoms with Crippen LogP contribution in [0.15, 0.2) is 66.7 Å². The largest absolute Gasteiger partial charge is 0.507 e. The molecule has 0 radical (unpaired) electrons. The molecule has 47 heavy (non-hydrogen) atoms. The van der Waals surface area contributed by atoms with Crippen LogP contribution in [0.3, 0.4) is 0 Å². The van der Waals surface area contributed by atoms with E-state index in [1.54, 1.807) is 12.1 Å². The number of alkyl halides is 6. The lowest BCUT2D eigenvalue weighted by molar-refractivity contribution is -0.391. The molecule has 1 fully saturated rings. The number of fused-ring (bicyclic) bond motifs is 1. The van der Waals surface area contributed by atoms with Gasteiger partial charge in [0, 0.05) is 23.0 Å². The van der Waals surface area contributed by atoms with Gasteiger partial charge in [-0.1, -0.05) is 43.5 Å². The summed E-state index contributed by atoms with van der Waals surface area (Å²) in [4.78, 5) is 37.8. The summed E-state index contributed by atoms with van der Waals surface area (Å²) in [5.74, 6) is -8.44. The second-order valence-electron chi connectivity index (χ2n) is 11.2. The molecule has 0 spiro atoms. The number of benzene rings is 3. The smallest absolute Gasteiger partial charge is 0.477 e. The molecule has 15 heteroatoms. The average Bonchev–Trinajstić information content (AvgIpc) is 3.03. The monoisotopic (exact) mass is 665 g/mol. The number of hydrogen-bond acceptors (Lipinski definition) is 5. The molecule has 3 amide bonds. The fourth-order valence-electron chi connectivity index (χ4n) is 5.29. The number of urea groups is 1. The number of carbonyl (C=O) groups is 3. The van der Waals surface area contributed by atoms with Crippen molar-refractivity contribution in [3.63, 3.8) is 0 Å². The molecule has 3 N–H and O–H groups in total. The van der Waals surface area contributed by atoms with Crippen molar-refractivity contribution in [2.24, 2.45) is 0 Å². The van der Waals surface area contributed by atoms with E-state index in [-0.39, 0.29) is 17.8 Å². The number of ether oxygens (including phenoxy) is 2. The summed E-state index contributed by atoms with van der Waals surface area (Å²) in [6, 6.07) is 15.2. The minimum absolute atomic E-state index is 0.0403. The van der Waals surface area contributed by atoms with Crippen molar-refractivity contribution in [1.82, 2.24) is 5.32 Å². The molecular formula is C32H29F6N3O6. The predicted molar refractivity (Wildman–Crippen MR) is 156 cm³/mol. The number of halogens is 6. The molecule has 1 heterocycles. The van der Waals surface area contributed by atoms with Gasteiger partial charge in [-0.15, -0.1) is 0 Å². The fourth-order valence-corrected chi connectivity index (χ4v) is 5.29. The zero-order valence-electron chi connectivity index (χ0n) is 24.6. The summed E-state index contributed by atoms with van der Waals surface area (Å²) < 4.78 is 89.6. The number of amides is 3.